The van der Waals surface area contributed by atoms with Crippen LogP contribution in [-0.4, -0.2) is 97.9 Å². The maximum atomic E-state index is 13.6. The van der Waals surface area contributed by atoms with Crippen molar-refractivity contribution in [2.45, 2.75) is 73.8 Å². The molecule has 0 bridgehead atoms. The normalized spacial score (nSPS) is 32.0. The summed E-state index contributed by atoms with van der Waals surface area (Å²) in [6.07, 6.45) is -1.33. The zero-order valence-electron chi connectivity index (χ0n) is 21.5. The van der Waals surface area contributed by atoms with Gasteiger partial charge in [-0.15, -0.1) is 23.2 Å². The maximum absolute atomic E-state index is 13.6. The number of amides is 4. The Morgan fingerprint density at radius 3 is 2.26 bits per heavy atom. The topological polar surface area (TPSA) is 160 Å². The molecule has 6 N–H and O–H groups in total. The van der Waals surface area contributed by atoms with E-state index in [1.54, 1.807) is 37.3 Å². The summed E-state index contributed by atoms with van der Waals surface area (Å²) in [7, 11) is 0. The molecule has 1 aromatic carbocycles. The molecule has 2 heterocycles. The second-order valence-electron chi connectivity index (χ2n) is 9.57. The fraction of sp³-hybridized carbons (Fsp3) is 0.560. The van der Waals surface area contributed by atoms with Gasteiger partial charge in [-0.3, -0.25) is 19.2 Å². The summed E-state index contributed by atoms with van der Waals surface area (Å²) in [5.41, 5.74) is 0.687. The number of fused-ring (bicyclic) bond motifs is 1. The van der Waals surface area contributed by atoms with Crippen LogP contribution in [0.3, 0.4) is 0 Å². The lowest BCUT2D eigenvalue weighted by atomic mass is 10.0. The van der Waals surface area contributed by atoms with E-state index in [0.717, 1.165) is 4.90 Å². The third-order valence-electron chi connectivity index (χ3n) is 6.74. The molecule has 214 valence electrons. The molecule has 2 saturated heterocycles. The summed E-state index contributed by atoms with van der Waals surface area (Å²) in [5, 5.41) is 29.5. The van der Waals surface area contributed by atoms with E-state index in [2.05, 4.69) is 21.3 Å². The summed E-state index contributed by atoms with van der Waals surface area (Å²) < 4.78 is 0. The minimum absolute atomic E-state index is 0.0664. The van der Waals surface area contributed by atoms with Gasteiger partial charge in [-0.2, -0.15) is 0 Å². The molecule has 4 amide bonds. The zero-order chi connectivity index (χ0) is 28.9. The smallest absolute Gasteiger partial charge is 0.248 e. The molecule has 8 atom stereocenters. The average molecular weight is 603 g/mol. The molecule has 0 aromatic heterocycles. The van der Waals surface area contributed by atoms with Crippen LogP contribution >= 0.6 is 35.4 Å². The van der Waals surface area contributed by atoms with Gasteiger partial charge in [-0.1, -0.05) is 49.5 Å². The molecule has 3 rings (SSSR count). The van der Waals surface area contributed by atoms with E-state index in [0.29, 0.717) is 5.56 Å². The lowest BCUT2D eigenvalue weighted by Gasteiger charge is -2.32. The van der Waals surface area contributed by atoms with Crippen molar-refractivity contribution < 1.29 is 29.4 Å². The Balaban J connectivity index is 2.03. The van der Waals surface area contributed by atoms with Crippen LogP contribution < -0.4 is 21.3 Å². The third-order valence-corrected chi connectivity index (χ3v) is 8.22. The standard InChI is InChI=1S/C25H33Cl2N5O6S/c1-3-15-22(36)29-17(11-33)24(39)30-16(13-7-5-4-6-8-13)9-18(35)31-20(12(2)34)25(38)32-10-14(26)19(27)21(32)23(37)28-15/h4-8,12,14-17,19-21,33-34H,3,9-11H2,1-2H3,(H,28,37)(H,29,36)(H,30,39)(H,31,35)/t12-,14-,15+,16-,17+,19-,20+,21+/m1/s1. The number of rotatable bonds is 4. The minimum Gasteiger partial charge on any atom is -0.394 e. The quantitative estimate of drug-likeness (QED) is 0.203. The Bertz CT molecular complexity index is 1080. The van der Waals surface area contributed by atoms with E-state index in [4.69, 9.17) is 35.4 Å². The van der Waals surface area contributed by atoms with Gasteiger partial charge in [0.2, 0.25) is 23.6 Å². The van der Waals surface area contributed by atoms with Gasteiger partial charge in [-0.25, -0.2) is 0 Å². The Morgan fingerprint density at radius 2 is 1.67 bits per heavy atom. The average Bonchev–Trinajstić information content (AvgIpc) is 3.21. The largest absolute Gasteiger partial charge is 0.394 e. The number of nitrogens with zero attached hydrogens (tertiary/aromatic N) is 1. The van der Waals surface area contributed by atoms with Gasteiger partial charge in [0.25, 0.3) is 0 Å². The third kappa shape index (κ3) is 7.37. The summed E-state index contributed by atoms with van der Waals surface area (Å²) in [6, 6.07) is 3.50. The number of aliphatic hydroxyl groups is 2. The number of thiocarbonyl (C=S) groups is 1. The van der Waals surface area contributed by atoms with Crippen molar-refractivity contribution in [3.05, 3.63) is 35.9 Å². The van der Waals surface area contributed by atoms with E-state index in [1.807, 2.05) is 0 Å². The highest BCUT2D eigenvalue weighted by molar-refractivity contribution is 7.80. The minimum atomic E-state index is -1.40. The summed E-state index contributed by atoms with van der Waals surface area (Å²) in [5.74, 6) is -2.66. The van der Waals surface area contributed by atoms with Crippen LogP contribution in [0.25, 0.3) is 0 Å². The van der Waals surface area contributed by atoms with E-state index >= 15 is 0 Å². The van der Waals surface area contributed by atoms with Crippen molar-refractivity contribution in [3.8, 4) is 0 Å². The molecule has 2 aliphatic rings. The molecular weight excluding hydrogens is 569 g/mol. The van der Waals surface area contributed by atoms with Crippen molar-refractivity contribution in [2.24, 2.45) is 0 Å². The van der Waals surface area contributed by atoms with E-state index in [1.165, 1.54) is 6.92 Å². The first-order valence-electron chi connectivity index (χ1n) is 12.6. The summed E-state index contributed by atoms with van der Waals surface area (Å²) >= 11 is 18.2. The molecule has 1 aromatic rings. The number of carbonyl (C=O) groups is 4. The van der Waals surface area contributed by atoms with E-state index < -0.39 is 77.3 Å². The van der Waals surface area contributed by atoms with Gasteiger partial charge in [0.1, 0.15) is 29.2 Å². The highest BCUT2D eigenvalue weighted by Crippen LogP contribution is 2.29. The van der Waals surface area contributed by atoms with Crippen LogP contribution in [0.2, 0.25) is 0 Å². The predicted molar refractivity (Wildman–Crippen MR) is 149 cm³/mol. The Morgan fingerprint density at radius 1 is 1.03 bits per heavy atom. The molecule has 0 saturated carbocycles. The lowest BCUT2D eigenvalue weighted by Crippen LogP contribution is -2.61. The number of nitrogens with one attached hydrogen (secondary N) is 4. The number of aliphatic hydroxyl groups excluding tert-OH is 2. The number of hydrogen-bond donors (Lipinski definition) is 6. The fourth-order valence-corrected chi connectivity index (χ4v) is 5.45. The monoisotopic (exact) mass is 601 g/mol. The highest BCUT2D eigenvalue weighted by Gasteiger charge is 2.49. The summed E-state index contributed by atoms with van der Waals surface area (Å²) in [4.78, 5) is 54.3. The molecule has 11 nitrogen and oxygen atoms in total. The summed E-state index contributed by atoms with van der Waals surface area (Å²) in [6.45, 7) is 2.37. The lowest BCUT2D eigenvalue weighted by molar-refractivity contribution is -0.144. The van der Waals surface area contributed by atoms with Gasteiger partial charge in [0, 0.05) is 6.54 Å². The Labute approximate surface area is 242 Å². The molecule has 0 aliphatic carbocycles. The molecular formula is C25H33Cl2N5O6S. The molecule has 0 radical (unpaired) electrons. The van der Waals surface area contributed by atoms with Crippen molar-refractivity contribution in [3.63, 3.8) is 0 Å². The molecule has 0 unspecified atom stereocenters. The fourth-order valence-electron chi connectivity index (χ4n) is 4.56. The molecule has 2 aliphatic heterocycles. The first-order valence-corrected chi connectivity index (χ1v) is 13.9. The van der Waals surface area contributed by atoms with Gasteiger partial charge in [-0.05, 0) is 18.9 Å². The van der Waals surface area contributed by atoms with Crippen LogP contribution in [0, 0.1) is 0 Å². The van der Waals surface area contributed by atoms with Gasteiger partial charge in [0.15, 0.2) is 0 Å². The molecule has 14 heteroatoms. The van der Waals surface area contributed by atoms with Crippen LogP contribution in [0.1, 0.15) is 38.3 Å². The Kier molecular flexibility index (Phi) is 10.9. The van der Waals surface area contributed by atoms with Crippen LogP contribution in [0.15, 0.2) is 30.3 Å². The SMILES string of the molecule is CC[C@@H]1NC(=O)[C@@H]2[C@H](Cl)[C@H](Cl)CN2C(=O)[C@H]([C@@H](C)O)NC(=O)C[C@H](c2ccccc2)NC(=S)[C@H](CO)NC1=O. The van der Waals surface area contributed by atoms with Crippen molar-refractivity contribution >= 4 is 64.0 Å². The Hall–Kier alpha value is -2.51. The van der Waals surface area contributed by atoms with Gasteiger partial charge in [0.05, 0.1) is 35.9 Å². The predicted octanol–water partition coefficient (Wildman–Crippen LogP) is -0.288. The molecule has 2 fully saturated rings. The van der Waals surface area contributed by atoms with E-state index in [-0.39, 0.29) is 24.4 Å². The number of halogens is 2. The van der Waals surface area contributed by atoms with Crippen molar-refractivity contribution in [1.29, 1.82) is 0 Å². The second-order valence-corrected chi connectivity index (χ2v) is 11.1. The van der Waals surface area contributed by atoms with Crippen LogP contribution in [0.4, 0.5) is 0 Å². The zero-order valence-corrected chi connectivity index (χ0v) is 23.8. The van der Waals surface area contributed by atoms with E-state index in [9.17, 15) is 29.4 Å². The van der Waals surface area contributed by atoms with Crippen molar-refractivity contribution in [2.75, 3.05) is 13.2 Å². The van der Waals surface area contributed by atoms with Crippen LogP contribution in [0.5, 0.6) is 0 Å². The number of hydrogen-bond acceptors (Lipinski definition) is 7. The molecule has 0 spiro atoms. The number of benzene rings is 1. The first-order chi connectivity index (χ1) is 18.5. The first kappa shape index (κ1) is 31.0. The number of carbonyl (C=O) groups excluding carboxylic acids is 4. The second kappa shape index (κ2) is 13.7. The maximum Gasteiger partial charge on any atom is 0.248 e. The van der Waals surface area contributed by atoms with Gasteiger partial charge >= 0.3 is 0 Å². The highest BCUT2D eigenvalue weighted by atomic mass is 35.5. The van der Waals surface area contributed by atoms with Crippen molar-refractivity contribution in [1.82, 2.24) is 26.2 Å². The molecule has 39 heavy (non-hydrogen) atoms. The van der Waals surface area contributed by atoms with Gasteiger partial charge < -0.3 is 36.4 Å². The number of alkyl halides is 2. The van der Waals surface area contributed by atoms with Crippen LogP contribution in [-0.2, 0) is 19.2 Å².